The largest absolute Gasteiger partial charge is 0.370 e. The van der Waals surface area contributed by atoms with E-state index in [1.165, 1.54) is 12.8 Å². The van der Waals surface area contributed by atoms with E-state index in [0.29, 0.717) is 12.5 Å². The van der Waals surface area contributed by atoms with Crippen molar-refractivity contribution in [2.45, 2.75) is 39.2 Å². The molecular weight excluding hydrogens is 298 g/mol. The van der Waals surface area contributed by atoms with E-state index < -0.39 is 11.6 Å². The predicted molar refractivity (Wildman–Crippen MR) is 90.5 cm³/mol. The Bertz CT molecular complexity index is 572. The first-order chi connectivity index (χ1) is 10.8. The summed E-state index contributed by atoms with van der Waals surface area (Å²) in [6, 6.07) is 3.19. The third-order valence-electron chi connectivity index (χ3n) is 4.34. The number of nitrogens with two attached hydrogens (primary N) is 1. The maximum Gasteiger partial charge on any atom is 0.193 e. The van der Waals surface area contributed by atoms with Crippen LogP contribution in [0.1, 0.15) is 33.6 Å². The highest BCUT2D eigenvalue weighted by Gasteiger charge is 2.29. The first-order valence-electron chi connectivity index (χ1n) is 8.05. The smallest absolute Gasteiger partial charge is 0.193 e. The third-order valence-corrected chi connectivity index (χ3v) is 4.34. The highest BCUT2D eigenvalue weighted by molar-refractivity contribution is 5.92. The minimum atomic E-state index is -0.561. The molecule has 0 amide bonds. The van der Waals surface area contributed by atoms with Crippen molar-refractivity contribution < 1.29 is 8.78 Å². The maximum absolute atomic E-state index is 13.6. The Morgan fingerprint density at radius 2 is 2.17 bits per heavy atom. The van der Waals surface area contributed by atoms with E-state index in [0.717, 1.165) is 31.3 Å². The summed E-state index contributed by atoms with van der Waals surface area (Å²) < 4.78 is 26.7. The quantitative estimate of drug-likeness (QED) is 0.660. The highest BCUT2D eigenvalue weighted by atomic mass is 19.1. The normalized spacial score (nSPS) is 20.6. The van der Waals surface area contributed by atoms with Gasteiger partial charge in [-0.05, 0) is 51.3 Å². The van der Waals surface area contributed by atoms with Gasteiger partial charge in [0.1, 0.15) is 11.6 Å². The number of rotatable bonds is 4. The number of aliphatic imine (C=N–C) groups is 1. The molecule has 2 rings (SSSR count). The van der Waals surface area contributed by atoms with Gasteiger partial charge in [-0.1, -0.05) is 6.92 Å². The van der Waals surface area contributed by atoms with Crippen molar-refractivity contribution in [3.8, 4) is 0 Å². The van der Waals surface area contributed by atoms with Gasteiger partial charge >= 0.3 is 0 Å². The van der Waals surface area contributed by atoms with Crippen molar-refractivity contribution in [3.05, 3.63) is 29.8 Å². The molecule has 1 aliphatic heterocycles. The zero-order valence-corrected chi connectivity index (χ0v) is 14.1. The Balaban J connectivity index is 1.99. The van der Waals surface area contributed by atoms with Crippen molar-refractivity contribution in [1.82, 2.24) is 4.90 Å². The van der Waals surface area contributed by atoms with Crippen LogP contribution in [0.3, 0.4) is 0 Å². The molecule has 1 atom stereocenters. The molecule has 1 saturated heterocycles. The molecule has 128 valence electrons. The predicted octanol–water partition coefficient (Wildman–Crippen LogP) is 3.20. The third kappa shape index (κ3) is 4.89. The fourth-order valence-corrected chi connectivity index (χ4v) is 2.89. The van der Waals surface area contributed by atoms with E-state index in [-0.39, 0.29) is 17.2 Å². The van der Waals surface area contributed by atoms with E-state index >= 15 is 0 Å². The van der Waals surface area contributed by atoms with Gasteiger partial charge in [-0.3, -0.25) is 9.89 Å². The fourth-order valence-electron chi connectivity index (χ4n) is 2.89. The van der Waals surface area contributed by atoms with E-state index in [9.17, 15) is 8.78 Å². The summed E-state index contributed by atoms with van der Waals surface area (Å²) in [5.41, 5.74) is 5.69. The number of halogens is 2. The summed E-state index contributed by atoms with van der Waals surface area (Å²) in [6.07, 6.45) is 2.45. The molecule has 3 N–H and O–H groups in total. The number of hydrogen-bond donors (Lipinski definition) is 2. The minimum Gasteiger partial charge on any atom is -0.370 e. The minimum absolute atomic E-state index is 0.00403. The van der Waals surface area contributed by atoms with E-state index in [1.54, 1.807) is 0 Å². The van der Waals surface area contributed by atoms with Gasteiger partial charge in [-0.25, -0.2) is 8.78 Å². The number of benzene rings is 1. The summed E-state index contributed by atoms with van der Waals surface area (Å²) in [5.74, 6) is -0.311. The average molecular weight is 324 g/mol. The molecule has 0 spiro atoms. The van der Waals surface area contributed by atoms with Crippen LogP contribution in [-0.4, -0.2) is 36.0 Å². The van der Waals surface area contributed by atoms with Gasteiger partial charge in [0.15, 0.2) is 5.96 Å². The number of hydrogen-bond acceptors (Lipinski definition) is 2. The van der Waals surface area contributed by atoms with Crippen LogP contribution in [0, 0.1) is 17.6 Å². The second-order valence-electron chi connectivity index (χ2n) is 6.96. The van der Waals surface area contributed by atoms with Crippen LogP contribution < -0.4 is 11.1 Å². The molecule has 1 aliphatic rings. The van der Waals surface area contributed by atoms with Crippen LogP contribution >= 0.6 is 0 Å². The summed E-state index contributed by atoms with van der Waals surface area (Å²) in [7, 11) is 0. The maximum atomic E-state index is 13.6. The second-order valence-corrected chi connectivity index (χ2v) is 6.96. The topological polar surface area (TPSA) is 53.6 Å². The first-order valence-corrected chi connectivity index (χ1v) is 8.05. The van der Waals surface area contributed by atoms with Crippen LogP contribution in [0.2, 0.25) is 0 Å². The summed E-state index contributed by atoms with van der Waals surface area (Å²) in [6.45, 7) is 9.12. The number of likely N-dealkylation sites (tertiary alicyclic amines) is 1. The molecule has 1 heterocycles. The summed E-state index contributed by atoms with van der Waals surface area (Å²) >= 11 is 0. The number of piperidine rings is 1. The van der Waals surface area contributed by atoms with Crippen molar-refractivity contribution in [2.75, 3.05) is 25.0 Å². The fraction of sp³-hybridized carbons (Fsp3) is 0.588. The molecule has 0 bridgehead atoms. The Hall–Kier alpha value is -1.69. The van der Waals surface area contributed by atoms with Gasteiger partial charge in [0, 0.05) is 18.2 Å². The molecule has 0 aromatic heterocycles. The Morgan fingerprint density at radius 3 is 2.87 bits per heavy atom. The van der Waals surface area contributed by atoms with Crippen LogP contribution in [0.15, 0.2) is 23.2 Å². The molecule has 0 saturated carbocycles. The monoisotopic (exact) mass is 324 g/mol. The van der Waals surface area contributed by atoms with Crippen LogP contribution in [0.4, 0.5) is 14.5 Å². The molecule has 1 unspecified atom stereocenters. The molecule has 1 fully saturated rings. The number of nitrogens with one attached hydrogen (secondary N) is 1. The number of nitrogens with zero attached hydrogens (tertiary/aromatic N) is 2. The van der Waals surface area contributed by atoms with Gasteiger partial charge < -0.3 is 11.1 Å². The van der Waals surface area contributed by atoms with Crippen molar-refractivity contribution >= 4 is 11.6 Å². The van der Waals surface area contributed by atoms with Crippen LogP contribution in [0.5, 0.6) is 0 Å². The summed E-state index contributed by atoms with van der Waals surface area (Å²) in [5, 5.41) is 2.63. The number of guanidine groups is 1. The molecule has 6 heteroatoms. The van der Waals surface area contributed by atoms with Crippen LogP contribution in [-0.2, 0) is 0 Å². The summed E-state index contributed by atoms with van der Waals surface area (Å²) in [4.78, 5) is 6.73. The van der Waals surface area contributed by atoms with Crippen molar-refractivity contribution in [1.29, 1.82) is 0 Å². The lowest BCUT2D eigenvalue weighted by Gasteiger charge is -2.42. The van der Waals surface area contributed by atoms with E-state index in [2.05, 4.69) is 36.0 Å². The average Bonchev–Trinajstić information content (AvgIpc) is 2.49. The van der Waals surface area contributed by atoms with Gasteiger partial charge in [0.2, 0.25) is 0 Å². The van der Waals surface area contributed by atoms with E-state index in [1.807, 2.05) is 0 Å². The number of anilines is 1. The second kappa shape index (κ2) is 7.25. The Morgan fingerprint density at radius 1 is 1.43 bits per heavy atom. The van der Waals surface area contributed by atoms with Gasteiger partial charge in [0.05, 0.1) is 12.2 Å². The standard InChI is InChI=1S/C17H26F2N4/c1-12-5-4-8-23(10-12)17(2,3)11-21-16(20)22-15-9-13(18)6-7-14(15)19/h6-7,9,12H,4-5,8,10-11H2,1-3H3,(H3,20,21,22). The lowest BCUT2D eigenvalue weighted by Crippen LogP contribution is -2.51. The van der Waals surface area contributed by atoms with Gasteiger partial charge in [-0.2, -0.15) is 0 Å². The molecule has 23 heavy (non-hydrogen) atoms. The zero-order chi connectivity index (χ0) is 17.0. The van der Waals surface area contributed by atoms with Gasteiger partial charge in [-0.15, -0.1) is 0 Å². The van der Waals surface area contributed by atoms with Crippen molar-refractivity contribution in [3.63, 3.8) is 0 Å². The van der Waals surface area contributed by atoms with Crippen molar-refractivity contribution in [2.24, 2.45) is 16.6 Å². The molecular formula is C17H26F2N4. The van der Waals surface area contributed by atoms with E-state index in [4.69, 9.17) is 5.73 Å². The first kappa shape index (κ1) is 17.7. The van der Waals surface area contributed by atoms with Gasteiger partial charge in [0.25, 0.3) is 0 Å². The molecule has 0 aliphatic carbocycles. The Kier molecular flexibility index (Phi) is 5.57. The highest BCUT2D eigenvalue weighted by Crippen LogP contribution is 2.24. The molecule has 1 aromatic carbocycles. The van der Waals surface area contributed by atoms with Crippen LogP contribution in [0.25, 0.3) is 0 Å². The molecule has 0 radical (unpaired) electrons. The lowest BCUT2D eigenvalue weighted by molar-refractivity contribution is 0.0775. The lowest BCUT2D eigenvalue weighted by atomic mass is 9.94. The SMILES string of the molecule is CC1CCCN(C(C)(C)CN=C(N)Nc2cc(F)ccc2F)C1. The molecule has 1 aromatic rings. The molecule has 4 nitrogen and oxygen atoms in total. The zero-order valence-electron chi connectivity index (χ0n) is 14.1. The Labute approximate surface area is 136 Å².